The van der Waals surface area contributed by atoms with Crippen LogP contribution in [0.25, 0.3) is 11.1 Å². The molecule has 0 radical (unpaired) electrons. The van der Waals surface area contributed by atoms with Gasteiger partial charge in [-0.15, -0.1) is 0 Å². The van der Waals surface area contributed by atoms with Crippen LogP contribution in [0.3, 0.4) is 0 Å². The van der Waals surface area contributed by atoms with Crippen LogP contribution in [0.15, 0.2) is 91.3 Å². The number of pyridine rings is 1. The minimum Gasteiger partial charge on any atom is -0.484 e. The predicted octanol–water partition coefficient (Wildman–Crippen LogP) is 5.25. The van der Waals surface area contributed by atoms with Gasteiger partial charge in [-0.2, -0.15) is 0 Å². The predicted molar refractivity (Wildman–Crippen MR) is 153 cm³/mol. The van der Waals surface area contributed by atoms with Gasteiger partial charge in [0.2, 0.25) is 0 Å². The quantitative estimate of drug-likeness (QED) is 0.332. The van der Waals surface area contributed by atoms with Crippen molar-refractivity contribution < 1.29 is 14.3 Å². The molecule has 2 N–H and O–H groups in total. The fourth-order valence-corrected chi connectivity index (χ4v) is 4.72. The first kappa shape index (κ1) is 26.1. The van der Waals surface area contributed by atoms with Crippen LogP contribution in [0.2, 0.25) is 0 Å². The summed E-state index contributed by atoms with van der Waals surface area (Å²) in [6.07, 6.45) is 4.52. The highest BCUT2D eigenvalue weighted by atomic mass is 16.5. The Balaban J connectivity index is 1.14. The molecule has 0 bridgehead atoms. The van der Waals surface area contributed by atoms with E-state index in [2.05, 4.69) is 33.6 Å². The van der Waals surface area contributed by atoms with Gasteiger partial charge in [0.15, 0.2) is 6.61 Å². The van der Waals surface area contributed by atoms with E-state index in [4.69, 9.17) is 4.74 Å². The number of fused-ring (bicyclic) bond motifs is 1. The van der Waals surface area contributed by atoms with E-state index in [0.717, 1.165) is 41.9 Å². The lowest BCUT2D eigenvalue weighted by atomic mass is 9.99. The molecular formula is C32H32N4O3. The summed E-state index contributed by atoms with van der Waals surface area (Å²) < 4.78 is 5.77. The molecule has 4 aromatic rings. The molecule has 1 atom stereocenters. The van der Waals surface area contributed by atoms with Gasteiger partial charge in [-0.05, 0) is 96.7 Å². The van der Waals surface area contributed by atoms with Gasteiger partial charge in [-0.3, -0.25) is 14.6 Å². The molecule has 2 heterocycles. The Morgan fingerprint density at radius 1 is 0.949 bits per heavy atom. The number of carbonyl (C=O) groups is 2. The zero-order chi connectivity index (χ0) is 27.2. The molecule has 1 aromatic heterocycles. The minimum absolute atomic E-state index is 0.106. The van der Waals surface area contributed by atoms with E-state index in [1.807, 2.05) is 73.7 Å². The van der Waals surface area contributed by atoms with Crippen molar-refractivity contribution >= 4 is 17.5 Å². The lowest BCUT2D eigenvalue weighted by Crippen LogP contribution is -2.27. The molecule has 0 fully saturated rings. The van der Waals surface area contributed by atoms with Crippen molar-refractivity contribution in [3.05, 3.63) is 114 Å². The van der Waals surface area contributed by atoms with Gasteiger partial charge in [-0.1, -0.05) is 30.3 Å². The molecule has 198 valence electrons. The second-order valence-corrected chi connectivity index (χ2v) is 9.89. The number of nitrogens with one attached hydrogen (secondary N) is 2. The molecule has 7 nitrogen and oxygen atoms in total. The summed E-state index contributed by atoms with van der Waals surface area (Å²) in [4.78, 5) is 31.7. The molecule has 39 heavy (non-hydrogen) atoms. The summed E-state index contributed by atoms with van der Waals surface area (Å²) in [5.41, 5.74) is 6.89. The first-order chi connectivity index (χ1) is 18.9. The maximum atomic E-state index is 12.8. The van der Waals surface area contributed by atoms with Crippen molar-refractivity contribution in [2.24, 2.45) is 0 Å². The number of hydrogen-bond donors (Lipinski definition) is 2. The Labute approximate surface area is 228 Å². The van der Waals surface area contributed by atoms with Crippen molar-refractivity contribution in [1.29, 1.82) is 0 Å². The minimum atomic E-state index is -0.247. The third-order valence-electron chi connectivity index (χ3n) is 6.93. The number of aromatic nitrogens is 1. The summed E-state index contributed by atoms with van der Waals surface area (Å²) in [5.74, 6) is 0.185. The fourth-order valence-electron chi connectivity index (χ4n) is 4.72. The topological polar surface area (TPSA) is 83.6 Å². The van der Waals surface area contributed by atoms with Gasteiger partial charge in [0, 0.05) is 36.7 Å². The average molecular weight is 521 g/mol. The van der Waals surface area contributed by atoms with Crippen LogP contribution in [0, 0.1) is 0 Å². The molecule has 0 spiro atoms. The monoisotopic (exact) mass is 520 g/mol. The zero-order valence-electron chi connectivity index (χ0n) is 22.2. The molecule has 5 rings (SSSR count). The largest absolute Gasteiger partial charge is 0.484 e. The molecule has 1 aliphatic heterocycles. The van der Waals surface area contributed by atoms with Crippen LogP contribution >= 0.6 is 0 Å². The van der Waals surface area contributed by atoms with Crippen molar-refractivity contribution in [3.63, 3.8) is 0 Å². The number of hydrogen-bond acceptors (Lipinski definition) is 5. The molecule has 0 saturated carbocycles. The van der Waals surface area contributed by atoms with Gasteiger partial charge >= 0.3 is 0 Å². The van der Waals surface area contributed by atoms with Gasteiger partial charge < -0.3 is 20.3 Å². The standard InChI is InChI=1S/C32H32N4O3/c1-22(34-32(38)26-8-6-23(7-9-26)25-12-15-33-16-13-25)27-4-3-5-30(19-27)39-21-31(37)35-29-11-10-24-14-17-36(2)20-28(24)18-29/h3-13,15-16,18-19,22H,14,17,20-21H2,1-2H3,(H,34,38)(H,35,37). The third kappa shape index (κ3) is 6.69. The summed E-state index contributed by atoms with van der Waals surface area (Å²) >= 11 is 0. The summed E-state index contributed by atoms with van der Waals surface area (Å²) in [7, 11) is 2.10. The number of benzene rings is 3. The van der Waals surface area contributed by atoms with Crippen LogP contribution in [0.1, 0.15) is 40.0 Å². The van der Waals surface area contributed by atoms with Gasteiger partial charge in [-0.25, -0.2) is 0 Å². The average Bonchev–Trinajstić information content (AvgIpc) is 2.96. The maximum Gasteiger partial charge on any atom is 0.262 e. The highest BCUT2D eigenvalue weighted by Gasteiger charge is 2.15. The first-order valence-electron chi connectivity index (χ1n) is 13.1. The van der Waals surface area contributed by atoms with Crippen molar-refractivity contribution in [1.82, 2.24) is 15.2 Å². The molecule has 2 amide bonds. The van der Waals surface area contributed by atoms with E-state index in [0.29, 0.717) is 11.3 Å². The van der Waals surface area contributed by atoms with Crippen LogP contribution < -0.4 is 15.4 Å². The van der Waals surface area contributed by atoms with Gasteiger partial charge in [0.1, 0.15) is 5.75 Å². The lowest BCUT2D eigenvalue weighted by Gasteiger charge is -2.25. The molecule has 1 unspecified atom stereocenters. The van der Waals surface area contributed by atoms with Crippen molar-refractivity contribution in [2.75, 3.05) is 25.5 Å². The number of anilines is 1. The normalized spacial score (nSPS) is 13.7. The Morgan fingerprint density at radius 2 is 1.72 bits per heavy atom. The summed E-state index contributed by atoms with van der Waals surface area (Å²) in [6, 6.07) is 24.6. The summed E-state index contributed by atoms with van der Waals surface area (Å²) in [6.45, 7) is 3.75. The van der Waals surface area contributed by atoms with E-state index < -0.39 is 0 Å². The van der Waals surface area contributed by atoms with Gasteiger partial charge in [0.05, 0.1) is 6.04 Å². The number of nitrogens with zero attached hydrogens (tertiary/aromatic N) is 2. The number of ether oxygens (including phenoxy) is 1. The second kappa shape index (κ2) is 11.9. The van der Waals surface area contributed by atoms with Crippen LogP contribution in [0.5, 0.6) is 5.75 Å². The maximum absolute atomic E-state index is 12.8. The van der Waals surface area contributed by atoms with Crippen molar-refractivity contribution in [2.45, 2.75) is 25.9 Å². The highest BCUT2D eigenvalue weighted by Crippen LogP contribution is 2.23. The number of likely N-dealkylation sites (N-methyl/N-ethyl adjacent to an activating group) is 1. The number of carbonyl (C=O) groups excluding carboxylic acids is 2. The van der Waals surface area contributed by atoms with E-state index in [1.54, 1.807) is 18.5 Å². The molecule has 7 heteroatoms. The van der Waals surface area contributed by atoms with E-state index in [1.165, 1.54) is 11.1 Å². The molecular weight excluding hydrogens is 488 g/mol. The van der Waals surface area contributed by atoms with Crippen LogP contribution in [0.4, 0.5) is 5.69 Å². The Kier molecular flexibility index (Phi) is 7.99. The van der Waals surface area contributed by atoms with Crippen LogP contribution in [-0.4, -0.2) is 41.9 Å². The third-order valence-corrected chi connectivity index (χ3v) is 6.93. The Morgan fingerprint density at radius 3 is 2.51 bits per heavy atom. The number of amides is 2. The zero-order valence-corrected chi connectivity index (χ0v) is 22.2. The Bertz CT molecular complexity index is 1450. The van der Waals surface area contributed by atoms with Crippen molar-refractivity contribution in [3.8, 4) is 16.9 Å². The first-order valence-corrected chi connectivity index (χ1v) is 13.1. The SMILES string of the molecule is CC(NC(=O)c1ccc(-c2ccncc2)cc1)c1cccc(OCC(=O)Nc2ccc3c(c2)CN(C)CC3)c1. The fraction of sp³-hybridized carbons (Fsp3) is 0.219. The summed E-state index contributed by atoms with van der Waals surface area (Å²) in [5, 5.41) is 5.97. The highest BCUT2D eigenvalue weighted by molar-refractivity contribution is 5.95. The lowest BCUT2D eigenvalue weighted by molar-refractivity contribution is -0.118. The van der Waals surface area contributed by atoms with E-state index in [-0.39, 0.29) is 24.5 Å². The molecule has 0 saturated heterocycles. The smallest absolute Gasteiger partial charge is 0.262 e. The van der Waals surface area contributed by atoms with Gasteiger partial charge in [0.25, 0.3) is 11.8 Å². The van der Waals surface area contributed by atoms with Crippen LogP contribution in [-0.2, 0) is 17.8 Å². The second-order valence-electron chi connectivity index (χ2n) is 9.89. The van der Waals surface area contributed by atoms with E-state index >= 15 is 0 Å². The molecule has 1 aliphatic rings. The number of rotatable bonds is 8. The molecule has 0 aliphatic carbocycles. The van der Waals surface area contributed by atoms with E-state index in [9.17, 15) is 9.59 Å². The molecule has 3 aromatic carbocycles. The Hall–Kier alpha value is -4.49.